The molecule has 0 spiro atoms. The van der Waals surface area contributed by atoms with E-state index in [-0.39, 0.29) is 10.6 Å². The van der Waals surface area contributed by atoms with Crippen molar-refractivity contribution in [1.82, 2.24) is 0 Å². The smallest absolute Gasteiger partial charge is 0.178 e. The van der Waals surface area contributed by atoms with Gasteiger partial charge in [0.1, 0.15) is 0 Å². The van der Waals surface area contributed by atoms with Crippen molar-refractivity contribution in [2.45, 2.75) is 11.2 Å². The molecule has 1 nitrogen and oxygen atoms in total. The van der Waals surface area contributed by atoms with Gasteiger partial charge >= 0.3 is 0 Å². The molecule has 1 atom stereocenters. The van der Waals surface area contributed by atoms with Gasteiger partial charge in [-0.3, -0.25) is 4.79 Å². The SMILES string of the molecule is O=C(c1ccc(Cl)cc1Cl)C(Br)Cc1ccccc1. The lowest BCUT2D eigenvalue weighted by molar-refractivity contribution is 0.0991. The van der Waals surface area contributed by atoms with Crippen molar-refractivity contribution in [2.24, 2.45) is 0 Å². The minimum absolute atomic E-state index is 0.0366. The van der Waals surface area contributed by atoms with Crippen LogP contribution >= 0.6 is 39.1 Å². The summed E-state index contributed by atoms with van der Waals surface area (Å²) in [5.41, 5.74) is 1.59. The van der Waals surface area contributed by atoms with Crippen LogP contribution in [0.5, 0.6) is 0 Å². The van der Waals surface area contributed by atoms with Crippen molar-refractivity contribution in [1.29, 1.82) is 0 Å². The highest BCUT2D eigenvalue weighted by molar-refractivity contribution is 9.10. The number of carbonyl (C=O) groups excluding carboxylic acids is 1. The zero-order valence-corrected chi connectivity index (χ0v) is 13.0. The van der Waals surface area contributed by atoms with Crippen LogP contribution in [0.2, 0.25) is 10.0 Å². The normalized spacial score (nSPS) is 12.2. The first-order valence-corrected chi connectivity index (χ1v) is 7.42. The Morgan fingerprint density at radius 2 is 1.79 bits per heavy atom. The van der Waals surface area contributed by atoms with Crippen LogP contribution < -0.4 is 0 Å². The highest BCUT2D eigenvalue weighted by Crippen LogP contribution is 2.24. The number of carbonyl (C=O) groups is 1. The van der Waals surface area contributed by atoms with E-state index in [1.165, 1.54) is 0 Å². The predicted molar refractivity (Wildman–Crippen MR) is 83.7 cm³/mol. The summed E-state index contributed by atoms with van der Waals surface area (Å²) in [4.78, 5) is 12.0. The molecule has 0 radical (unpaired) electrons. The molecule has 4 heteroatoms. The monoisotopic (exact) mass is 356 g/mol. The van der Waals surface area contributed by atoms with Gasteiger partial charge in [0.05, 0.1) is 9.85 Å². The molecule has 0 saturated carbocycles. The topological polar surface area (TPSA) is 17.1 Å². The molecule has 0 aliphatic heterocycles. The summed E-state index contributed by atoms with van der Waals surface area (Å²) < 4.78 is 0. The summed E-state index contributed by atoms with van der Waals surface area (Å²) >= 11 is 15.3. The second-order valence-corrected chi connectivity index (χ2v) is 6.09. The van der Waals surface area contributed by atoms with Gasteiger partial charge in [0.25, 0.3) is 0 Å². The zero-order chi connectivity index (χ0) is 13.8. The minimum Gasteiger partial charge on any atom is -0.293 e. The fourth-order valence-electron chi connectivity index (χ4n) is 1.77. The van der Waals surface area contributed by atoms with Crippen LogP contribution in [0, 0.1) is 0 Å². The van der Waals surface area contributed by atoms with E-state index in [0.717, 1.165) is 5.56 Å². The molecule has 0 aromatic heterocycles. The third kappa shape index (κ3) is 3.82. The first-order valence-electron chi connectivity index (χ1n) is 5.75. The Labute approximate surface area is 130 Å². The van der Waals surface area contributed by atoms with Gasteiger partial charge in [0.2, 0.25) is 0 Å². The first-order chi connectivity index (χ1) is 9.08. The molecule has 98 valence electrons. The van der Waals surface area contributed by atoms with Crippen molar-refractivity contribution in [3.63, 3.8) is 0 Å². The number of alkyl halides is 1. The average Bonchev–Trinajstić information content (AvgIpc) is 2.39. The third-order valence-electron chi connectivity index (χ3n) is 2.74. The van der Waals surface area contributed by atoms with Crippen LogP contribution in [0.1, 0.15) is 15.9 Å². The Kier molecular flexibility index (Phi) is 5.03. The van der Waals surface area contributed by atoms with Gasteiger partial charge in [-0.25, -0.2) is 0 Å². The van der Waals surface area contributed by atoms with E-state index in [0.29, 0.717) is 22.0 Å². The van der Waals surface area contributed by atoms with Crippen molar-refractivity contribution < 1.29 is 4.79 Å². The lowest BCUT2D eigenvalue weighted by atomic mass is 10.0. The summed E-state index contributed by atoms with van der Waals surface area (Å²) in [7, 11) is 0. The first kappa shape index (κ1) is 14.6. The lowest BCUT2D eigenvalue weighted by Crippen LogP contribution is -2.17. The van der Waals surface area contributed by atoms with Gasteiger partial charge in [-0.1, -0.05) is 69.5 Å². The molecule has 0 aliphatic carbocycles. The van der Waals surface area contributed by atoms with E-state index in [1.54, 1.807) is 18.2 Å². The Bertz CT molecular complexity index is 584. The van der Waals surface area contributed by atoms with Gasteiger partial charge in [-0.05, 0) is 30.2 Å². The summed E-state index contributed by atoms with van der Waals surface area (Å²) in [6.45, 7) is 0. The number of hydrogen-bond donors (Lipinski definition) is 0. The van der Waals surface area contributed by atoms with Gasteiger partial charge in [0.15, 0.2) is 5.78 Å². The summed E-state index contributed by atoms with van der Waals surface area (Å²) in [5.74, 6) is -0.0366. The van der Waals surface area contributed by atoms with Crippen LogP contribution in [-0.4, -0.2) is 10.6 Å². The van der Waals surface area contributed by atoms with E-state index < -0.39 is 0 Å². The fourth-order valence-corrected chi connectivity index (χ4v) is 2.89. The molecule has 19 heavy (non-hydrogen) atoms. The van der Waals surface area contributed by atoms with E-state index in [9.17, 15) is 4.79 Å². The van der Waals surface area contributed by atoms with Gasteiger partial charge in [-0.2, -0.15) is 0 Å². The van der Waals surface area contributed by atoms with Crippen molar-refractivity contribution in [2.75, 3.05) is 0 Å². The van der Waals surface area contributed by atoms with E-state index in [1.807, 2.05) is 30.3 Å². The standard InChI is InChI=1S/C15H11BrCl2O/c16-13(8-10-4-2-1-3-5-10)15(19)12-7-6-11(17)9-14(12)18/h1-7,9,13H,8H2. The van der Waals surface area contributed by atoms with E-state index in [4.69, 9.17) is 23.2 Å². The van der Waals surface area contributed by atoms with Gasteiger partial charge < -0.3 is 0 Å². The molecule has 0 saturated heterocycles. The van der Waals surface area contributed by atoms with Crippen LogP contribution in [0.3, 0.4) is 0 Å². The molecule has 0 N–H and O–H groups in total. The molecule has 2 aromatic carbocycles. The quantitative estimate of drug-likeness (QED) is 0.544. The number of rotatable bonds is 4. The number of benzene rings is 2. The molecule has 0 heterocycles. The Balaban J connectivity index is 2.15. The molecule has 1 unspecified atom stereocenters. The molecule has 0 bridgehead atoms. The van der Waals surface area contributed by atoms with Crippen molar-refractivity contribution in [3.8, 4) is 0 Å². The number of ketones is 1. The van der Waals surface area contributed by atoms with Crippen LogP contribution in [0.4, 0.5) is 0 Å². The molecule has 0 aliphatic rings. The number of halogens is 3. The molecule has 0 amide bonds. The minimum atomic E-state index is -0.298. The second kappa shape index (κ2) is 6.56. The summed E-state index contributed by atoms with van der Waals surface area (Å²) in [6, 6.07) is 14.7. The van der Waals surface area contributed by atoms with Crippen LogP contribution in [-0.2, 0) is 6.42 Å². The molecular formula is C15H11BrCl2O. The van der Waals surface area contributed by atoms with Gasteiger partial charge in [-0.15, -0.1) is 0 Å². The third-order valence-corrected chi connectivity index (χ3v) is 4.03. The number of Topliss-reactive ketones (excluding diaryl/α,β-unsaturated/α-hetero) is 1. The zero-order valence-electron chi connectivity index (χ0n) is 9.95. The van der Waals surface area contributed by atoms with Crippen LogP contribution in [0.25, 0.3) is 0 Å². The maximum absolute atomic E-state index is 12.3. The number of hydrogen-bond acceptors (Lipinski definition) is 1. The fraction of sp³-hybridized carbons (Fsp3) is 0.133. The maximum Gasteiger partial charge on any atom is 0.178 e. The van der Waals surface area contributed by atoms with Crippen LogP contribution in [0.15, 0.2) is 48.5 Å². The summed E-state index contributed by atoms with van der Waals surface area (Å²) in [6.07, 6.45) is 0.624. The van der Waals surface area contributed by atoms with Crippen molar-refractivity contribution in [3.05, 3.63) is 69.7 Å². The average molecular weight is 358 g/mol. The maximum atomic E-state index is 12.3. The Morgan fingerprint density at radius 3 is 2.42 bits per heavy atom. The highest BCUT2D eigenvalue weighted by atomic mass is 79.9. The Hall–Kier alpha value is -0.830. The van der Waals surface area contributed by atoms with Gasteiger partial charge in [0, 0.05) is 10.6 Å². The summed E-state index contributed by atoms with van der Waals surface area (Å²) in [5, 5.41) is 0.908. The largest absolute Gasteiger partial charge is 0.293 e. The lowest BCUT2D eigenvalue weighted by Gasteiger charge is -2.10. The molecule has 2 rings (SSSR count). The van der Waals surface area contributed by atoms with Crippen molar-refractivity contribution >= 4 is 44.9 Å². The predicted octanol–water partition coefficient (Wildman–Crippen LogP) is 5.18. The second-order valence-electron chi connectivity index (χ2n) is 4.15. The molecular weight excluding hydrogens is 347 g/mol. The molecule has 0 fully saturated rings. The molecule has 2 aromatic rings. The highest BCUT2D eigenvalue weighted by Gasteiger charge is 2.19. The van der Waals surface area contributed by atoms with E-state index in [2.05, 4.69) is 15.9 Å². The van der Waals surface area contributed by atoms with E-state index >= 15 is 0 Å². The Morgan fingerprint density at radius 1 is 1.11 bits per heavy atom.